The average molecular weight is 551 g/mol. The molecule has 0 atom stereocenters. The summed E-state index contributed by atoms with van der Waals surface area (Å²) in [5.41, 5.74) is 1.00. The van der Waals surface area contributed by atoms with Gasteiger partial charge in [-0.15, -0.1) is 0 Å². The van der Waals surface area contributed by atoms with E-state index in [4.69, 9.17) is 14.2 Å². The van der Waals surface area contributed by atoms with E-state index in [9.17, 15) is 9.59 Å². The first-order valence-electron chi connectivity index (χ1n) is 15.5. The molecule has 8 heteroatoms. The molecule has 224 valence electrons. The van der Waals surface area contributed by atoms with E-state index >= 15 is 0 Å². The number of hydrogen-bond donors (Lipinski definition) is 2. The zero-order chi connectivity index (χ0) is 28.2. The molecule has 0 aliphatic heterocycles. The number of alkyl carbamates (subject to hydrolysis) is 2. The lowest BCUT2D eigenvalue weighted by molar-refractivity contribution is -0.701. The third kappa shape index (κ3) is 21.2. The molecule has 1 heterocycles. The molecule has 0 aliphatic carbocycles. The standard InChI is InChI=1S/C31H55N3O5/c1-3-5-6-7-8-9-10-11-12-13-14-15-16-17-19-22-32-30(35)38-26-24-37-25-27-39-31(36)33-28-29-21-18-20-23-34(29)4-2/h18,20-21,23H,3-17,19,22,24-28H2,1-2H3,(H-,32,33,35,36)/p+1. The van der Waals surface area contributed by atoms with Gasteiger partial charge in [0, 0.05) is 18.7 Å². The molecule has 0 fully saturated rings. The molecule has 0 spiro atoms. The highest BCUT2D eigenvalue weighted by Gasteiger charge is 2.09. The van der Waals surface area contributed by atoms with E-state index in [-0.39, 0.29) is 26.4 Å². The summed E-state index contributed by atoms with van der Waals surface area (Å²) in [6, 6.07) is 5.85. The van der Waals surface area contributed by atoms with E-state index in [2.05, 4.69) is 22.1 Å². The van der Waals surface area contributed by atoms with Crippen molar-refractivity contribution >= 4 is 12.2 Å². The molecule has 0 saturated heterocycles. The van der Waals surface area contributed by atoms with Crippen LogP contribution in [0.4, 0.5) is 9.59 Å². The highest BCUT2D eigenvalue weighted by Crippen LogP contribution is 2.13. The van der Waals surface area contributed by atoms with Gasteiger partial charge < -0.3 is 24.8 Å². The molecule has 1 rings (SSSR count). The van der Waals surface area contributed by atoms with Gasteiger partial charge in [-0.3, -0.25) is 0 Å². The lowest BCUT2D eigenvalue weighted by Gasteiger charge is -2.09. The lowest BCUT2D eigenvalue weighted by atomic mass is 10.0. The zero-order valence-corrected chi connectivity index (χ0v) is 24.9. The molecule has 1 aromatic heterocycles. The minimum Gasteiger partial charge on any atom is -0.447 e. The van der Waals surface area contributed by atoms with Crippen LogP contribution in [0.25, 0.3) is 0 Å². The summed E-state index contributed by atoms with van der Waals surface area (Å²) in [7, 11) is 0. The van der Waals surface area contributed by atoms with Crippen molar-refractivity contribution in [3.05, 3.63) is 30.1 Å². The second-order valence-electron chi connectivity index (χ2n) is 10.1. The van der Waals surface area contributed by atoms with Crippen LogP contribution in [0, 0.1) is 0 Å². The van der Waals surface area contributed by atoms with E-state index in [0.29, 0.717) is 13.1 Å². The van der Waals surface area contributed by atoms with Crippen molar-refractivity contribution in [1.82, 2.24) is 10.6 Å². The van der Waals surface area contributed by atoms with Crippen molar-refractivity contribution < 1.29 is 28.4 Å². The van der Waals surface area contributed by atoms with Gasteiger partial charge in [0.25, 0.3) is 0 Å². The van der Waals surface area contributed by atoms with E-state index in [1.165, 1.54) is 83.5 Å². The molecule has 0 radical (unpaired) electrons. The number of carbonyl (C=O) groups excluding carboxylic acids is 2. The van der Waals surface area contributed by atoms with Gasteiger partial charge in [-0.05, 0) is 13.3 Å². The number of amides is 2. The van der Waals surface area contributed by atoms with Crippen LogP contribution >= 0.6 is 0 Å². The van der Waals surface area contributed by atoms with Gasteiger partial charge in [0.1, 0.15) is 26.3 Å². The molecule has 2 amide bonds. The van der Waals surface area contributed by atoms with Gasteiger partial charge >= 0.3 is 12.2 Å². The third-order valence-electron chi connectivity index (χ3n) is 6.76. The van der Waals surface area contributed by atoms with Crippen molar-refractivity contribution in [2.75, 3.05) is 33.0 Å². The predicted molar refractivity (Wildman–Crippen MR) is 156 cm³/mol. The van der Waals surface area contributed by atoms with Gasteiger partial charge in [-0.2, -0.15) is 0 Å². The first-order chi connectivity index (χ1) is 19.2. The predicted octanol–water partition coefficient (Wildman–Crippen LogP) is 6.83. The summed E-state index contributed by atoms with van der Waals surface area (Å²) in [6.07, 6.45) is 21.0. The molecule has 1 aromatic rings. The van der Waals surface area contributed by atoms with Crippen LogP contribution in [-0.4, -0.2) is 45.2 Å². The second kappa shape index (κ2) is 25.9. The maximum atomic E-state index is 11.8. The second-order valence-corrected chi connectivity index (χ2v) is 10.1. The number of carbonyl (C=O) groups is 2. The fourth-order valence-corrected chi connectivity index (χ4v) is 4.42. The number of ether oxygens (including phenoxy) is 3. The molecular formula is C31H56N3O5+. The molecule has 0 saturated carbocycles. The Morgan fingerprint density at radius 1 is 0.667 bits per heavy atom. The van der Waals surface area contributed by atoms with Crippen LogP contribution in [0.5, 0.6) is 0 Å². The number of nitrogens with zero attached hydrogens (tertiary/aromatic N) is 1. The minimum atomic E-state index is -0.487. The van der Waals surface area contributed by atoms with Gasteiger partial charge in [-0.25, -0.2) is 14.2 Å². The first kappa shape index (κ1) is 34.7. The summed E-state index contributed by atoms with van der Waals surface area (Å²) >= 11 is 0. The normalized spacial score (nSPS) is 10.8. The number of unbranched alkanes of at least 4 members (excludes halogenated alkanes) is 14. The average Bonchev–Trinajstić information content (AvgIpc) is 2.95. The number of rotatable bonds is 25. The van der Waals surface area contributed by atoms with Crippen LogP contribution < -0.4 is 15.2 Å². The number of nitrogens with one attached hydrogen (secondary N) is 2. The van der Waals surface area contributed by atoms with Gasteiger partial charge in [-0.1, -0.05) is 103 Å². The van der Waals surface area contributed by atoms with E-state index < -0.39 is 12.2 Å². The quantitative estimate of drug-likeness (QED) is 0.103. The summed E-state index contributed by atoms with van der Waals surface area (Å²) < 4.78 is 17.6. The SMILES string of the molecule is CCCCCCCCCCCCCCCCCNC(=O)OCCOCCOC(=O)NCc1cccc[n+]1CC. The number of pyridine rings is 1. The van der Waals surface area contributed by atoms with Crippen molar-refractivity contribution in [2.24, 2.45) is 0 Å². The van der Waals surface area contributed by atoms with Crippen LogP contribution in [-0.2, 0) is 27.3 Å². The Labute approximate surface area is 237 Å². The van der Waals surface area contributed by atoms with E-state index in [1.807, 2.05) is 31.3 Å². The highest BCUT2D eigenvalue weighted by molar-refractivity contribution is 5.67. The third-order valence-corrected chi connectivity index (χ3v) is 6.76. The Bertz CT molecular complexity index is 732. The lowest BCUT2D eigenvalue weighted by Crippen LogP contribution is -2.40. The molecular weight excluding hydrogens is 494 g/mol. The number of aromatic nitrogens is 1. The van der Waals surface area contributed by atoms with Crippen LogP contribution in [0.2, 0.25) is 0 Å². The highest BCUT2D eigenvalue weighted by atomic mass is 16.6. The van der Waals surface area contributed by atoms with E-state index in [1.54, 1.807) is 0 Å². The number of hydrogen-bond acceptors (Lipinski definition) is 5. The molecule has 8 nitrogen and oxygen atoms in total. The summed E-state index contributed by atoms with van der Waals surface area (Å²) in [5, 5.41) is 5.52. The van der Waals surface area contributed by atoms with Crippen molar-refractivity contribution in [1.29, 1.82) is 0 Å². The maximum Gasteiger partial charge on any atom is 0.407 e. The Kier molecular flexibility index (Phi) is 23.0. The largest absolute Gasteiger partial charge is 0.447 e. The monoisotopic (exact) mass is 550 g/mol. The van der Waals surface area contributed by atoms with Crippen molar-refractivity contribution in [2.45, 2.75) is 123 Å². The van der Waals surface area contributed by atoms with Gasteiger partial charge in [0.05, 0.1) is 13.2 Å². The topological polar surface area (TPSA) is 89.8 Å². The molecule has 0 aliphatic rings. The molecule has 39 heavy (non-hydrogen) atoms. The smallest absolute Gasteiger partial charge is 0.407 e. The summed E-state index contributed by atoms with van der Waals surface area (Å²) in [5.74, 6) is 0. The maximum absolute atomic E-state index is 11.8. The Balaban J connectivity index is 1.80. The molecule has 0 aromatic carbocycles. The Morgan fingerprint density at radius 3 is 1.72 bits per heavy atom. The Morgan fingerprint density at radius 2 is 1.18 bits per heavy atom. The fourth-order valence-electron chi connectivity index (χ4n) is 4.42. The van der Waals surface area contributed by atoms with Gasteiger partial charge in [0.2, 0.25) is 5.69 Å². The summed E-state index contributed by atoms with van der Waals surface area (Å²) in [4.78, 5) is 23.5. The first-order valence-corrected chi connectivity index (χ1v) is 15.5. The van der Waals surface area contributed by atoms with Crippen LogP contribution in [0.1, 0.15) is 116 Å². The van der Waals surface area contributed by atoms with Crippen LogP contribution in [0.3, 0.4) is 0 Å². The van der Waals surface area contributed by atoms with Crippen molar-refractivity contribution in [3.63, 3.8) is 0 Å². The summed E-state index contributed by atoms with van der Waals surface area (Å²) in [6.45, 7) is 7.01. The van der Waals surface area contributed by atoms with E-state index in [0.717, 1.165) is 25.1 Å². The fraction of sp³-hybridized carbons (Fsp3) is 0.774. The van der Waals surface area contributed by atoms with Crippen LogP contribution in [0.15, 0.2) is 24.4 Å². The molecule has 2 N–H and O–H groups in total. The zero-order valence-electron chi connectivity index (χ0n) is 24.9. The Hall–Kier alpha value is -2.35. The van der Waals surface area contributed by atoms with Gasteiger partial charge in [0.15, 0.2) is 6.20 Å². The molecule has 0 bridgehead atoms. The number of aryl methyl sites for hydroxylation is 1. The molecule has 0 unspecified atom stereocenters. The van der Waals surface area contributed by atoms with Crippen molar-refractivity contribution in [3.8, 4) is 0 Å². The minimum absolute atomic E-state index is 0.139.